The number of hydrogen-bond donors (Lipinski definition) is 2. The fraction of sp³-hybridized carbons (Fsp3) is 0.529. The molecule has 11 nitrogen and oxygen atoms in total. The van der Waals surface area contributed by atoms with Crippen molar-refractivity contribution in [1.29, 1.82) is 0 Å². The minimum atomic E-state index is -4.14. The van der Waals surface area contributed by atoms with Crippen LogP contribution in [0.5, 0.6) is 5.75 Å². The first-order valence-electron chi connectivity index (χ1n) is 16.4. The molecule has 0 spiro atoms. The van der Waals surface area contributed by atoms with E-state index >= 15 is 4.39 Å². The van der Waals surface area contributed by atoms with E-state index in [1.165, 1.54) is 17.4 Å². The van der Waals surface area contributed by atoms with Crippen LogP contribution in [0.25, 0.3) is 0 Å². The number of carbonyl (C=O) groups excluding carboxylic acids is 2. The van der Waals surface area contributed by atoms with Gasteiger partial charge in [0.1, 0.15) is 11.6 Å². The molecule has 2 heterocycles. The lowest BCUT2D eigenvalue weighted by Gasteiger charge is -2.52. The number of carbonyl (C=O) groups is 2. The number of anilines is 1. The zero-order valence-corrected chi connectivity index (χ0v) is 27.4. The van der Waals surface area contributed by atoms with Gasteiger partial charge in [-0.2, -0.15) is 4.98 Å². The number of rotatable bonds is 8. The molecule has 0 saturated heterocycles. The highest BCUT2D eigenvalue weighted by Gasteiger charge is 2.53. The van der Waals surface area contributed by atoms with Crippen LogP contribution in [-0.2, 0) is 26.6 Å². The Morgan fingerprint density at radius 1 is 1.13 bits per heavy atom. The van der Waals surface area contributed by atoms with Gasteiger partial charge in [-0.1, -0.05) is 23.7 Å². The number of benzene rings is 2. The molecule has 4 aliphatic carbocycles. The van der Waals surface area contributed by atoms with Crippen LogP contribution < -0.4 is 20.7 Å². The van der Waals surface area contributed by atoms with Crippen LogP contribution >= 0.6 is 0 Å². The number of sulfone groups is 1. The second kappa shape index (κ2) is 11.7. The van der Waals surface area contributed by atoms with E-state index in [9.17, 15) is 18.0 Å². The molecule has 47 heavy (non-hydrogen) atoms. The summed E-state index contributed by atoms with van der Waals surface area (Å²) >= 11 is 0. The molecule has 3 N–H and O–H groups in total. The van der Waals surface area contributed by atoms with Crippen molar-refractivity contribution in [3.63, 3.8) is 0 Å². The first-order chi connectivity index (χ1) is 22.4. The van der Waals surface area contributed by atoms with Gasteiger partial charge in [-0.05, 0) is 95.0 Å². The molecule has 2 bridgehead atoms. The van der Waals surface area contributed by atoms with Crippen molar-refractivity contribution in [1.82, 2.24) is 15.5 Å². The normalized spacial score (nSPS) is 26.9. The van der Waals surface area contributed by atoms with Crippen molar-refractivity contribution in [3.8, 4) is 5.75 Å². The summed E-state index contributed by atoms with van der Waals surface area (Å²) in [6.07, 6.45) is 7.60. The van der Waals surface area contributed by atoms with Gasteiger partial charge >= 0.3 is 0 Å². The SMILES string of the molecule is CC(C)Oc1ccc(CN2C(=O)[C@@H](N)CS(=O)(=O)c3cc(F)c(C(=O)NC45CCC(c6nc(C7CCC7)no6)(CC4)CC5)cc32)cc1. The fourth-order valence-corrected chi connectivity index (χ4v) is 9.04. The molecule has 2 aromatic carbocycles. The zero-order chi connectivity index (χ0) is 33.1. The van der Waals surface area contributed by atoms with E-state index in [1.807, 2.05) is 13.8 Å². The van der Waals surface area contributed by atoms with Gasteiger partial charge in [0.05, 0.1) is 40.6 Å². The van der Waals surface area contributed by atoms with E-state index < -0.39 is 44.8 Å². The zero-order valence-electron chi connectivity index (χ0n) is 26.6. The van der Waals surface area contributed by atoms with E-state index in [0.717, 1.165) is 44.0 Å². The van der Waals surface area contributed by atoms with Crippen LogP contribution in [0.1, 0.15) is 105 Å². The third-order valence-electron chi connectivity index (χ3n) is 10.5. The molecule has 0 radical (unpaired) electrons. The van der Waals surface area contributed by atoms with Gasteiger partial charge in [-0.25, -0.2) is 12.8 Å². The van der Waals surface area contributed by atoms with Crippen LogP contribution in [0, 0.1) is 5.82 Å². The Bertz CT molecular complexity index is 1800. The molecular formula is C34H40FN5O6S. The van der Waals surface area contributed by atoms with E-state index in [0.29, 0.717) is 42.4 Å². The summed E-state index contributed by atoms with van der Waals surface area (Å²) in [7, 11) is -4.14. The van der Waals surface area contributed by atoms with E-state index in [-0.39, 0.29) is 34.2 Å². The van der Waals surface area contributed by atoms with Crippen molar-refractivity contribution >= 4 is 27.3 Å². The smallest absolute Gasteiger partial charge is 0.254 e. The number of nitrogens with two attached hydrogens (primary N) is 1. The van der Waals surface area contributed by atoms with E-state index in [1.54, 1.807) is 24.3 Å². The number of nitrogens with one attached hydrogen (secondary N) is 1. The minimum absolute atomic E-state index is 0.0259. The lowest BCUT2D eigenvalue weighted by Crippen LogP contribution is -2.58. The average molecular weight is 666 g/mol. The second-order valence-electron chi connectivity index (χ2n) is 14.0. The number of hydrogen-bond acceptors (Lipinski definition) is 9. The van der Waals surface area contributed by atoms with Gasteiger partial charge in [0, 0.05) is 16.9 Å². The maximum absolute atomic E-state index is 15.7. The summed E-state index contributed by atoms with van der Waals surface area (Å²) in [5.74, 6) is -0.438. The maximum atomic E-state index is 15.7. The third-order valence-corrected chi connectivity index (χ3v) is 12.3. The van der Waals surface area contributed by atoms with Crippen molar-refractivity contribution in [2.45, 2.75) is 112 Å². The molecule has 4 fully saturated rings. The maximum Gasteiger partial charge on any atom is 0.254 e. The molecule has 0 unspecified atom stereocenters. The molecular weight excluding hydrogens is 625 g/mol. The van der Waals surface area contributed by atoms with Crippen molar-refractivity contribution < 1.29 is 31.7 Å². The molecule has 1 atom stereocenters. The summed E-state index contributed by atoms with van der Waals surface area (Å²) in [6.45, 7) is 3.78. The largest absolute Gasteiger partial charge is 0.491 e. The predicted molar refractivity (Wildman–Crippen MR) is 170 cm³/mol. The monoisotopic (exact) mass is 665 g/mol. The van der Waals surface area contributed by atoms with Gasteiger partial charge < -0.3 is 25.2 Å². The number of fused-ring (bicyclic) bond motifs is 4. The van der Waals surface area contributed by atoms with Gasteiger partial charge in [0.15, 0.2) is 15.7 Å². The van der Waals surface area contributed by atoms with Crippen LogP contribution in [0.3, 0.4) is 0 Å². The lowest BCUT2D eigenvalue weighted by molar-refractivity contribution is -0.119. The first kappa shape index (κ1) is 31.7. The van der Waals surface area contributed by atoms with Crippen molar-refractivity contribution in [2.75, 3.05) is 10.7 Å². The van der Waals surface area contributed by atoms with Gasteiger partial charge in [-0.3, -0.25) is 9.59 Å². The number of halogens is 1. The number of amides is 2. The molecule has 1 aromatic heterocycles. The number of aromatic nitrogens is 2. The van der Waals surface area contributed by atoms with Crippen LogP contribution in [-0.4, -0.2) is 53.8 Å². The molecule has 3 aromatic rings. The Morgan fingerprint density at radius 2 is 1.81 bits per heavy atom. The summed E-state index contributed by atoms with van der Waals surface area (Å²) in [5, 5.41) is 7.37. The molecule has 4 saturated carbocycles. The topological polar surface area (TPSA) is 158 Å². The Kier molecular flexibility index (Phi) is 7.90. The first-order valence-corrected chi connectivity index (χ1v) is 18.1. The van der Waals surface area contributed by atoms with E-state index in [2.05, 4.69) is 10.5 Å². The summed E-state index contributed by atoms with van der Waals surface area (Å²) in [6, 6.07) is 7.71. The third kappa shape index (κ3) is 5.81. The summed E-state index contributed by atoms with van der Waals surface area (Å²) < 4.78 is 53.7. The Balaban J connectivity index is 1.14. The standard InChI is InChI=1S/C34H40FN5O6S/c1-20(2)45-23-8-6-21(7-9-23)18-40-27-16-24(25(35)17-28(27)47(43,44)19-26(36)31(40)42)30(41)38-34-13-10-33(11-14-34,12-15-34)32-37-29(39-46-32)22-4-3-5-22/h6-9,16-17,20,22,26H,3-5,10-15,18-19,36H2,1-2H3,(H,38,41)/t26-,33?,34?/m0/s1. The van der Waals surface area contributed by atoms with E-state index in [4.69, 9.17) is 20.0 Å². The molecule has 13 heteroatoms. The van der Waals surface area contributed by atoms with Crippen molar-refractivity contribution in [3.05, 3.63) is 65.1 Å². The quantitative estimate of drug-likeness (QED) is 0.348. The fourth-order valence-electron chi connectivity index (χ4n) is 7.47. The summed E-state index contributed by atoms with van der Waals surface area (Å²) in [5.41, 5.74) is 5.57. The van der Waals surface area contributed by atoms with Crippen LogP contribution in [0.15, 0.2) is 45.8 Å². The van der Waals surface area contributed by atoms with Crippen LogP contribution in [0.4, 0.5) is 10.1 Å². The highest BCUT2D eigenvalue weighted by Crippen LogP contribution is 2.53. The Labute approximate surface area is 273 Å². The van der Waals surface area contributed by atoms with Gasteiger partial charge in [-0.15, -0.1) is 0 Å². The number of nitrogens with zero attached hydrogens (tertiary/aromatic N) is 3. The van der Waals surface area contributed by atoms with Gasteiger partial charge in [0.2, 0.25) is 11.8 Å². The molecule has 250 valence electrons. The molecule has 8 rings (SSSR count). The molecule has 2 amide bonds. The Morgan fingerprint density at radius 3 is 2.43 bits per heavy atom. The Hall–Kier alpha value is -3.84. The van der Waals surface area contributed by atoms with Crippen molar-refractivity contribution in [2.24, 2.45) is 5.73 Å². The number of ether oxygens (including phenoxy) is 1. The average Bonchev–Trinajstić information content (AvgIpc) is 3.48. The van der Waals surface area contributed by atoms with Crippen LogP contribution in [0.2, 0.25) is 0 Å². The lowest BCUT2D eigenvalue weighted by atomic mass is 9.57. The summed E-state index contributed by atoms with van der Waals surface area (Å²) in [4.78, 5) is 32.9. The molecule has 5 aliphatic rings. The highest BCUT2D eigenvalue weighted by atomic mass is 32.2. The predicted octanol–water partition coefficient (Wildman–Crippen LogP) is 4.69. The second-order valence-corrected chi connectivity index (χ2v) is 16.0. The molecule has 1 aliphatic heterocycles. The highest BCUT2D eigenvalue weighted by molar-refractivity contribution is 7.91. The minimum Gasteiger partial charge on any atom is -0.491 e. The van der Waals surface area contributed by atoms with Gasteiger partial charge in [0.25, 0.3) is 5.91 Å².